The summed E-state index contributed by atoms with van der Waals surface area (Å²) in [5.74, 6) is 1.43. The molecule has 1 aliphatic carbocycles. The van der Waals surface area contributed by atoms with Crippen LogP contribution in [0.15, 0.2) is 18.2 Å². The molecule has 1 saturated carbocycles. The maximum absolute atomic E-state index is 10.4. The van der Waals surface area contributed by atoms with Crippen molar-refractivity contribution in [2.45, 2.75) is 51.3 Å². The molecule has 1 heterocycles. The molecule has 2 aliphatic rings. The maximum Gasteiger partial charge on any atom is 0.161 e. The summed E-state index contributed by atoms with van der Waals surface area (Å²) in [4.78, 5) is 4.75. The fourth-order valence-electron chi connectivity index (χ4n) is 4.16. The number of β-amino-alcohol motifs (C(OH)–C–C–N with tert-alkyl or cyclic N) is 1. The van der Waals surface area contributed by atoms with E-state index in [1.165, 1.54) is 31.2 Å². The number of hydrogen-bond acceptors (Lipinski definition) is 6. The van der Waals surface area contributed by atoms with E-state index >= 15 is 0 Å². The number of piperazine rings is 1. The van der Waals surface area contributed by atoms with Crippen LogP contribution in [0.2, 0.25) is 0 Å². The minimum atomic E-state index is -0.499. The number of hydrogen-bond donors (Lipinski definition) is 2. The molecular weight excluding hydrogens is 354 g/mol. The summed E-state index contributed by atoms with van der Waals surface area (Å²) in [7, 11) is 1.67. The lowest BCUT2D eigenvalue weighted by Crippen LogP contribution is -2.49. The highest BCUT2D eigenvalue weighted by Crippen LogP contribution is 2.28. The zero-order valence-electron chi connectivity index (χ0n) is 17.5. The number of nitrogens with one attached hydrogen (secondary N) is 1. The molecule has 0 amide bonds. The van der Waals surface area contributed by atoms with E-state index in [4.69, 9.17) is 9.47 Å². The van der Waals surface area contributed by atoms with Gasteiger partial charge in [-0.1, -0.05) is 25.8 Å². The Morgan fingerprint density at radius 2 is 1.82 bits per heavy atom. The summed E-state index contributed by atoms with van der Waals surface area (Å²) >= 11 is 0. The average molecular weight is 392 g/mol. The number of rotatable bonds is 10. The van der Waals surface area contributed by atoms with Gasteiger partial charge in [-0.25, -0.2) is 0 Å². The van der Waals surface area contributed by atoms with E-state index in [1.54, 1.807) is 7.11 Å². The maximum atomic E-state index is 10.4. The van der Waals surface area contributed by atoms with Crippen LogP contribution < -0.4 is 14.8 Å². The molecule has 0 radical (unpaired) electrons. The summed E-state index contributed by atoms with van der Waals surface area (Å²) in [6, 6.07) is 6.72. The topological polar surface area (TPSA) is 57.2 Å². The van der Waals surface area contributed by atoms with Gasteiger partial charge in [0, 0.05) is 45.3 Å². The van der Waals surface area contributed by atoms with Gasteiger partial charge in [0.2, 0.25) is 0 Å². The monoisotopic (exact) mass is 391 g/mol. The molecule has 0 bridgehead atoms. The third kappa shape index (κ3) is 6.34. The number of aliphatic hydroxyl groups is 1. The normalized spacial score (nSPS) is 20.4. The Bertz CT molecular complexity index is 584. The summed E-state index contributed by atoms with van der Waals surface area (Å²) in [5.41, 5.74) is 1.20. The van der Waals surface area contributed by atoms with Crippen molar-refractivity contribution in [3.05, 3.63) is 23.8 Å². The van der Waals surface area contributed by atoms with Gasteiger partial charge in [-0.15, -0.1) is 0 Å². The van der Waals surface area contributed by atoms with Crippen LogP contribution in [-0.4, -0.2) is 80.0 Å². The minimum Gasteiger partial charge on any atom is -0.493 e. The van der Waals surface area contributed by atoms with Crippen LogP contribution >= 0.6 is 0 Å². The highest BCUT2D eigenvalue weighted by Gasteiger charge is 2.19. The predicted octanol–water partition coefficient (Wildman–Crippen LogP) is 2.10. The minimum absolute atomic E-state index is 0.282. The first-order chi connectivity index (χ1) is 13.7. The largest absolute Gasteiger partial charge is 0.493 e. The quantitative estimate of drug-likeness (QED) is 0.637. The van der Waals surface area contributed by atoms with E-state index in [-0.39, 0.29) is 6.61 Å². The first kappa shape index (κ1) is 21.4. The number of likely N-dealkylation sites (N-methyl/N-ethyl adjacent to an activating group) is 1. The third-order valence-corrected chi connectivity index (χ3v) is 5.99. The van der Waals surface area contributed by atoms with E-state index in [1.807, 2.05) is 12.1 Å². The molecule has 3 rings (SSSR count). The molecule has 28 heavy (non-hydrogen) atoms. The molecule has 6 nitrogen and oxygen atoms in total. The predicted molar refractivity (Wildman–Crippen MR) is 112 cm³/mol. The van der Waals surface area contributed by atoms with Gasteiger partial charge < -0.3 is 24.8 Å². The molecule has 6 heteroatoms. The van der Waals surface area contributed by atoms with Crippen LogP contribution in [0.5, 0.6) is 11.5 Å². The van der Waals surface area contributed by atoms with Crippen LogP contribution in [0, 0.1) is 0 Å². The molecule has 1 aliphatic heterocycles. The van der Waals surface area contributed by atoms with E-state index < -0.39 is 6.10 Å². The summed E-state index contributed by atoms with van der Waals surface area (Å²) in [6.45, 7) is 9.27. The fourth-order valence-corrected chi connectivity index (χ4v) is 4.16. The second-order valence-electron chi connectivity index (χ2n) is 8.05. The van der Waals surface area contributed by atoms with Crippen LogP contribution in [0.3, 0.4) is 0 Å². The number of methoxy groups -OCH3 is 1. The van der Waals surface area contributed by atoms with Gasteiger partial charge in [-0.3, -0.25) is 4.90 Å². The molecule has 2 fully saturated rings. The van der Waals surface area contributed by atoms with Gasteiger partial charge >= 0.3 is 0 Å². The van der Waals surface area contributed by atoms with Crippen LogP contribution in [0.4, 0.5) is 0 Å². The average Bonchev–Trinajstić information content (AvgIpc) is 3.25. The Kier molecular flexibility index (Phi) is 8.40. The van der Waals surface area contributed by atoms with E-state index in [0.717, 1.165) is 45.0 Å². The van der Waals surface area contributed by atoms with Crippen LogP contribution in [-0.2, 0) is 6.54 Å². The van der Waals surface area contributed by atoms with Gasteiger partial charge in [0.05, 0.1) is 7.11 Å². The van der Waals surface area contributed by atoms with Gasteiger partial charge in [0.15, 0.2) is 11.5 Å². The summed E-state index contributed by atoms with van der Waals surface area (Å²) in [6.07, 6.45) is 4.74. The Morgan fingerprint density at radius 3 is 2.50 bits per heavy atom. The van der Waals surface area contributed by atoms with E-state index in [9.17, 15) is 5.11 Å². The molecule has 158 valence electrons. The molecule has 1 atom stereocenters. The Morgan fingerprint density at radius 1 is 1.11 bits per heavy atom. The molecular formula is C22H37N3O3. The standard InChI is InChI=1S/C22H37N3O3/c1-3-24-10-12-25(13-11-24)16-20(26)17-28-21-9-8-18(14-22(21)27-2)15-23-19-6-4-5-7-19/h8-9,14,19-20,23,26H,3-7,10-13,15-17H2,1-2H3/t20-/m0/s1. The number of benzene rings is 1. The van der Waals surface area contributed by atoms with Gasteiger partial charge in [-0.05, 0) is 37.1 Å². The molecule has 1 aromatic carbocycles. The van der Waals surface area contributed by atoms with Crippen molar-refractivity contribution in [2.75, 3.05) is 53.0 Å². The molecule has 2 N–H and O–H groups in total. The fraction of sp³-hybridized carbons (Fsp3) is 0.727. The Hall–Kier alpha value is -1.34. The second kappa shape index (κ2) is 11.0. The Labute approximate surface area is 169 Å². The van der Waals surface area contributed by atoms with Crippen molar-refractivity contribution < 1.29 is 14.6 Å². The van der Waals surface area contributed by atoms with Crippen molar-refractivity contribution in [3.63, 3.8) is 0 Å². The van der Waals surface area contributed by atoms with Crippen molar-refractivity contribution in [1.82, 2.24) is 15.1 Å². The zero-order chi connectivity index (χ0) is 19.8. The lowest BCUT2D eigenvalue weighted by molar-refractivity contribution is 0.0464. The smallest absolute Gasteiger partial charge is 0.161 e. The molecule has 0 spiro atoms. The number of nitrogens with zero attached hydrogens (tertiary/aromatic N) is 2. The molecule has 0 aromatic heterocycles. The van der Waals surface area contributed by atoms with Gasteiger partial charge in [-0.2, -0.15) is 0 Å². The van der Waals surface area contributed by atoms with Crippen LogP contribution in [0.1, 0.15) is 38.2 Å². The summed E-state index contributed by atoms with van der Waals surface area (Å²) in [5, 5.41) is 14.0. The molecule has 1 saturated heterocycles. The number of aliphatic hydroxyl groups excluding tert-OH is 1. The van der Waals surface area contributed by atoms with Gasteiger partial charge in [0.25, 0.3) is 0 Å². The number of ether oxygens (including phenoxy) is 2. The van der Waals surface area contributed by atoms with Crippen molar-refractivity contribution in [1.29, 1.82) is 0 Å². The molecule has 0 unspecified atom stereocenters. The second-order valence-corrected chi connectivity index (χ2v) is 8.05. The summed E-state index contributed by atoms with van der Waals surface area (Å²) < 4.78 is 11.4. The zero-order valence-corrected chi connectivity index (χ0v) is 17.5. The van der Waals surface area contributed by atoms with E-state index in [0.29, 0.717) is 18.3 Å². The lowest BCUT2D eigenvalue weighted by atomic mass is 10.1. The first-order valence-electron chi connectivity index (χ1n) is 10.8. The highest BCUT2D eigenvalue weighted by atomic mass is 16.5. The third-order valence-electron chi connectivity index (χ3n) is 5.99. The van der Waals surface area contributed by atoms with Crippen LogP contribution in [0.25, 0.3) is 0 Å². The van der Waals surface area contributed by atoms with Crippen molar-refractivity contribution in [2.24, 2.45) is 0 Å². The first-order valence-corrected chi connectivity index (χ1v) is 10.8. The molecule has 1 aromatic rings. The Balaban J connectivity index is 1.43. The SMILES string of the molecule is CCN1CCN(C[C@H](O)COc2ccc(CNC3CCCC3)cc2OC)CC1. The van der Waals surface area contributed by atoms with Gasteiger partial charge in [0.1, 0.15) is 12.7 Å². The van der Waals surface area contributed by atoms with E-state index in [2.05, 4.69) is 28.1 Å². The lowest BCUT2D eigenvalue weighted by Gasteiger charge is -2.34. The van der Waals surface area contributed by atoms with Crippen molar-refractivity contribution in [3.8, 4) is 11.5 Å². The van der Waals surface area contributed by atoms with Crippen molar-refractivity contribution >= 4 is 0 Å². The highest BCUT2D eigenvalue weighted by molar-refractivity contribution is 5.43.